The summed E-state index contributed by atoms with van der Waals surface area (Å²) in [6.07, 6.45) is 26.2. The first-order valence-electron chi connectivity index (χ1n) is 12.3. The van der Waals surface area contributed by atoms with Crippen LogP contribution in [0.1, 0.15) is 129 Å². The molecule has 0 rings (SSSR count). The molecule has 1 N–H and O–H groups in total. The van der Waals surface area contributed by atoms with Gasteiger partial charge in [-0.25, -0.2) is 13.1 Å². The van der Waals surface area contributed by atoms with Gasteiger partial charge in [0.05, 0.1) is 12.5 Å². The molecule has 0 saturated heterocycles. The summed E-state index contributed by atoms with van der Waals surface area (Å²) in [5.41, 5.74) is 0. The average molecular weight is 484 g/mol. The number of sulfonamides is 1. The standard InChI is InChI=1S/C24H47NO4S.K/c1-2-3-4-5-6-7-8-9-10-11-12-13-14-15-16-17-18-19-20-21-22-30(28,29)25-23-24(26)27;/h21-22,25H,2-20,23H2,1H3,(H,26,27);/q;+1/p-1/b22-21+;. The van der Waals surface area contributed by atoms with E-state index in [-0.39, 0.29) is 51.4 Å². The van der Waals surface area contributed by atoms with Crippen molar-refractivity contribution in [1.29, 1.82) is 0 Å². The molecular weight excluding hydrogens is 437 g/mol. The van der Waals surface area contributed by atoms with Crippen molar-refractivity contribution >= 4 is 16.0 Å². The molecule has 7 heteroatoms. The van der Waals surface area contributed by atoms with Crippen LogP contribution in [0.3, 0.4) is 0 Å². The van der Waals surface area contributed by atoms with Crippen molar-refractivity contribution in [3.63, 3.8) is 0 Å². The van der Waals surface area contributed by atoms with Crippen LogP contribution in [0.15, 0.2) is 11.5 Å². The number of carbonyl (C=O) groups is 1. The summed E-state index contributed by atoms with van der Waals surface area (Å²) in [4.78, 5) is 10.2. The first-order chi connectivity index (χ1) is 14.5. The largest absolute Gasteiger partial charge is 1.00 e. The van der Waals surface area contributed by atoms with E-state index in [0.717, 1.165) is 18.2 Å². The number of unbranched alkanes of at least 4 members (excludes halogenated alkanes) is 18. The molecule has 0 aromatic rings. The smallest absolute Gasteiger partial charge is 0.549 e. The number of nitrogens with one attached hydrogen (secondary N) is 1. The molecule has 0 saturated carbocycles. The summed E-state index contributed by atoms with van der Waals surface area (Å²) in [5.74, 6) is -1.43. The zero-order valence-corrected chi connectivity index (χ0v) is 24.3. The number of hydrogen-bond donors (Lipinski definition) is 1. The molecule has 5 nitrogen and oxygen atoms in total. The van der Waals surface area contributed by atoms with Crippen LogP contribution in [-0.4, -0.2) is 20.9 Å². The van der Waals surface area contributed by atoms with Crippen molar-refractivity contribution < 1.29 is 69.7 Å². The molecule has 0 unspecified atom stereocenters. The Hall–Kier alpha value is 0.756. The predicted molar refractivity (Wildman–Crippen MR) is 124 cm³/mol. The van der Waals surface area contributed by atoms with Gasteiger partial charge in [-0.05, 0) is 12.8 Å². The Labute approximate surface area is 235 Å². The van der Waals surface area contributed by atoms with Gasteiger partial charge in [0.2, 0.25) is 10.0 Å². The monoisotopic (exact) mass is 483 g/mol. The maximum atomic E-state index is 11.4. The number of carboxylic acids is 1. The maximum absolute atomic E-state index is 11.4. The van der Waals surface area contributed by atoms with Gasteiger partial charge >= 0.3 is 51.4 Å². The minimum atomic E-state index is -3.65. The van der Waals surface area contributed by atoms with Gasteiger partial charge in [-0.3, -0.25) is 0 Å². The number of carboxylic acid groups (broad SMARTS) is 1. The van der Waals surface area contributed by atoms with E-state index in [1.807, 2.05) is 4.72 Å². The maximum Gasteiger partial charge on any atom is 1.00 e. The van der Waals surface area contributed by atoms with E-state index in [2.05, 4.69) is 6.92 Å². The van der Waals surface area contributed by atoms with Crippen LogP contribution < -0.4 is 61.2 Å². The van der Waals surface area contributed by atoms with Crippen molar-refractivity contribution in [1.82, 2.24) is 4.72 Å². The van der Waals surface area contributed by atoms with Crippen molar-refractivity contribution in [3.8, 4) is 0 Å². The minimum Gasteiger partial charge on any atom is -0.549 e. The molecule has 0 aliphatic heterocycles. The first-order valence-corrected chi connectivity index (χ1v) is 13.9. The number of aliphatic carboxylic acids is 1. The summed E-state index contributed by atoms with van der Waals surface area (Å²) in [6, 6.07) is 0. The molecule has 178 valence electrons. The molecule has 0 aromatic carbocycles. The van der Waals surface area contributed by atoms with E-state index in [9.17, 15) is 18.3 Å². The van der Waals surface area contributed by atoms with Gasteiger partial charge < -0.3 is 9.90 Å². The van der Waals surface area contributed by atoms with Gasteiger partial charge in [-0.1, -0.05) is 122 Å². The second-order valence-corrected chi connectivity index (χ2v) is 10.1. The van der Waals surface area contributed by atoms with Crippen LogP contribution >= 0.6 is 0 Å². The number of rotatable bonds is 23. The fourth-order valence-corrected chi connectivity index (χ4v) is 4.37. The first kappa shape index (κ1) is 33.9. The molecule has 0 bridgehead atoms. The SMILES string of the molecule is CCCCCCCCCCCCCCCCCCCC/C=C/S(=O)(=O)NCC(=O)[O-].[K+]. The van der Waals surface area contributed by atoms with Gasteiger partial charge in [-0.15, -0.1) is 0 Å². The number of hydrogen-bond acceptors (Lipinski definition) is 4. The second kappa shape index (κ2) is 25.4. The summed E-state index contributed by atoms with van der Waals surface area (Å²) in [6.45, 7) is 1.58. The van der Waals surface area contributed by atoms with Crippen LogP contribution in [0.4, 0.5) is 0 Å². The zero-order chi connectivity index (χ0) is 22.3. The summed E-state index contributed by atoms with van der Waals surface area (Å²) in [5, 5.41) is 11.3. The van der Waals surface area contributed by atoms with E-state index in [0.29, 0.717) is 6.42 Å². The van der Waals surface area contributed by atoms with Crippen molar-refractivity contribution in [3.05, 3.63) is 11.5 Å². The zero-order valence-electron chi connectivity index (χ0n) is 20.3. The Morgan fingerprint density at radius 1 is 0.710 bits per heavy atom. The number of carbonyl (C=O) groups excluding carboxylic acids is 1. The van der Waals surface area contributed by atoms with Crippen molar-refractivity contribution in [2.45, 2.75) is 129 Å². The predicted octanol–water partition coefficient (Wildman–Crippen LogP) is 2.61. The molecule has 0 radical (unpaired) electrons. The molecule has 0 aromatic heterocycles. The quantitative estimate of drug-likeness (QED) is 0.179. The molecule has 0 heterocycles. The van der Waals surface area contributed by atoms with Gasteiger partial charge in [0.15, 0.2) is 0 Å². The number of allylic oxidation sites excluding steroid dienone is 1. The normalized spacial score (nSPS) is 11.6. The van der Waals surface area contributed by atoms with Gasteiger partial charge in [0.25, 0.3) is 0 Å². The van der Waals surface area contributed by atoms with E-state index in [1.165, 1.54) is 103 Å². The Balaban J connectivity index is 0. The molecule has 0 aliphatic rings. The third-order valence-corrected chi connectivity index (χ3v) is 6.51. The van der Waals surface area contributed by atoms with Crippen molar-refractivity contribution in [2.24, 2.45) is 0 Å². The molecule has 0 aliphatic carbocycles. The van der Waals surface area contributed by atoms with E-state index >= 15 is 0 Å². The van der Waals surface area contributed by atoms with Crippen LogP contribution in [0, 0.1) is 0 Å². The van der Waals surface area contributed by atoms with E-state index < -0.39 is 22.5 Å². The molecule has 0 atom stereocenters. The molecule has 31 heavy (non-hydrogen) atoms. The molecule has 0 spiro atoms. The molecular formula is C24H46KNO4S. The van der Waals surface area contributed by atoms with E-state index in [1.54, 1.807) is 6.08 Å². The van der Waals surface area contributed by atoms with Gasteiger partial charge in [-0.2, -0.15) is 0 Å². The third-order valence-electron chi connectivity index (χ3n) is 5.42. The molecule has 0 amide bonds. The van der Waals surface area contributed by atoms with Crippen LogP contribution in [0.2, 0.25) is 0 Å². The van der Waals surface area contributed by atoms with Gasteiger partial charge in [0, 0.05) is 5.41 Å². The topological polar surface area (TPSA) is 86.3 Å². The second-order valence-electron chi connectivity index (χ2n) is 8.41. The fourth-order valence-electron chi connectivity index (χ4n) is 3.57. The Morgan fingerprint density at radius 3 is 1.42 bits per heavy atom. The summed E-state index contributed by atoms with van der Waals surface area (Å²) >= 11 is 0. The Morgan fingerprint density at radius 2 is 1.06 bits per heavy atom. The summed E-state index contributed by atoms with van der Waals surface area (Å²) in [7, 11) is -3.65. The van der Waals surface area contributed by atoms with Gasteiger partial charge in [0.1, 0.15) is 0 Å². The average Bonchev–Trinajstić information content (AvgIpc) is 2.71. The summed E-state index contributed by atoms with van der Waals surface area (Å²) < 4.78 is 24.8. The van der Waals surface area contributed by atoms with Crippen LogP contribution in [0.5, 0.6) is 0 Å². The molecule has 0 fully saturated rings. The van der Waals surface area contributed by atoms with E-state index in [4.69, 9.17) is 0 Å². The fraction of sp³-hybridized carbons (Fsp3) is 0.875. The Bertz CT molecular complexity index is 524. The third kappa shape index (κ3) is 28.7. The van der Waals surface area contributed by atoms with Crippen molar-refractivity contribution in [2.75, 3.05) is 6.54 Å². The van der Waals surface area contributed by atoms with Crippen LogP contribution in [0.25, 0.3) is 0 Å². The van der Waals surface area contributed by atoms with Crippen LogP contribution in [-0.2, 0) is 14.8 Å². The minimum absolute atomic E-state index is 0. The Kier molecular flexibility index (Phi) is 27.8.